The Morgan fingerprint density at radius 1 is 1.35 bits per heavy atom. The fourth-order valence-electron chi connectivity index (χ4n) is 1.72. The Balaban J connectivity index is 1.97. The largest absolute Gasteiger partial charge is 0.493 e. The van der Waals surface area contributed by atoms with Crippen LogP contribution in [0.2, 0.25) is 0 Å². The number of hydrogen-bond donors (Lipinski definition) is 1. The molecule has 0 spiro atoms. The number of para-hydroxylation sites is 1. The maximum Gasteiger partial charge on any atom is 0.250 e. The molecule has 0 aliphatic carbocycles. The number of rotatable bonds is 8. The van der Waals surface area contributed by atoms with Crippen LogP contribution in [0.5, 0.6) is 5.75 Å². The van der Waals surface area contributed by atoms with E-state index in [-0.39, 0.29) is 5.91 Å². The third-order valence-corrected chi connectivity index (χ3v) is 4.55. The lowest BCUT2D eigenvalue weighted by molar-refractivity contribution is -0.111. The number of benzene rings is 1. The van der Waals surface area contributed by atoms with Crippen LogP contribution in [-0.4, -0.2) is 28.5 Å². The Bertz CT molecular complexity index is 671. The van der Waals surface area contributed by atoms with E-state index in [1.54, 1.807) is 17.8 Å². The van der Waals surface area contributed by atoms with E-state index in [1.807, 2.05) is 31.2 Å². The van der Waals surface area contributed by atoms with Crippen LogP contribution in [0.15, 0.2) is 34.7 Å². The molecule has 0 aliphatic heterocycles. The highest BCUT2D eigenvalue weighted by atomic mass is 32.2. The molecule has 1 aromatic heterocycles. The monoisotopic (exact) mass is 349 g/mol. The van der Waals surface area contributed by atoms with Crippen LogP contribution in [0.3, 0.4) is 0 Å². The predicted molar refractivity (Wildman–Crippen MR) is 96.2 cm³/mol. The van der Waals surface area contributed by atoms with E-state index in [2.05, 4.69) is 22.4 Å². The Morgan fingerprint density at radius 2 is 2.17 bits per heavy atom. The number of amides is 1. The molecule has 1 aromatic carbocycles. The number of thioether (sulfide) groups is 1. The zero-order chi connectivity index (χ0) is 16.5. The molecule has 1 amide bonds. The fraction of sp³-hybridized carbons (Fsp3) is 0.312. The number of carbonyl (C=O) groups excluding carboxylic acids is 1. The van der Waals surface area contributed by atoms with Crippen molar-refractivity contribution in [1.29, 1.82) is 0 Å². The van der Waals surface area contributed by atoms with E-state index in [1.165, 1.54) is 17.4 Å². The second-order valence-electron chi connectivity index (χ2n) is 4.52. The molecule has 2 aromatic rings. The lowest BCUT2D eigenvalue weighted by atomic mass is 10.2. The van der Waals surface area contributed by atoms with E-state index in [0.29, 0.717) is 11.7 Å². The fourth-order valence-corrected chi connectivity index (χ4v) is 3.37. The number of carbonyl (C=O) groups is 1. The average molecular weight is 349 g/mol. The molecule has 122 valence electrons. The summed E-state index contributed by atoms with van der Waals surface area (Å²) in [5.74, 6) is 1.47. The second kappa shape index (κ2) is 9.32. The van der Waals surface area contributed by atoms with Gasteiger partial charge in [0, 0.05) is 11.6 Å². The van der Waals surface area contributed by atoms with Gasteiger partial charge in [-0.3, -0.25) is 10.1 Å². The van der Waals surface area contributed by atoms with Crippen LogP contribution in [0.1, 0.15) is 25.8 Å². The van der Waals surface area contributed by atoms with Crippen LogP contribution in [0.4, 0.5) is 5.13 Å². The van der Waals surface area contributed by atoms with Crippen molar-refractivity contribution in [2.24, 2.45) is 0 Å². The molecular formula is C16H19N3O2S2. The number of aromatic nitrogens is 2. The number of nitrogens with zero attached hydrogens (tertiary/aromatic N) is 2. The second-order valence-corrected chi connectivity index (χ2v) is 7.00. The predicted octanol–water partition coefficient (Wildman–Crippen LogP) is 4.09. The van der Waals surface area contributed by atoms with Crippen molar-refractivity contribution >= 4 is 40.2 Å². The summed E-state index contributed by atoms with van der Waals surface area (Å²) < 4.78 is 6.51. The molecule has 0 saturated heterocycles. The van der Waals surface area contributed by atoms with Crippen molar-refractivity contribution in [2.75, 3.05) is 17.7 Å². The van der Waals surface area contributed by atoms with Crippen LogP contribution >= 0.6 is 23.1 Å². The maximum absolute atomic E-state index is 12.0. The van der Waals surface area contributed by atoms with Gasteiger partial charge in [0.2, 0.25) is 11.0 Å². The molecule has 5 nitrogen and oxygen atoms in total. The molecule has 2 rings (SSSR count). The first-order valence-electron chi connectivity index (χ1n) is 7.40. The van der Waals surface area contributed by atoms with Crippen LogP contribution < -0.4 is 10.1 Å². The number of nitrogens with one attached hydrogen (secondary N) is 1. The molecule has 1 heterocycles. The standard InChI is InChI=1S/C16H19N3O2S2/c1-3-11-21-13-8-6-5-7-12(13)9-10-14(20)17-15-18-19-16(23-15)22-4-2/h5-10H,3-4,11H2,1-2H3,(H,17,18,20)/b10-9+. The summed E-state index contributed by atoms with van der Waals surface area (Å²) in [5.41, 5.74) is 0.871. The quantitative estimate of drug-likeness (QED) is 0.442. The number of ether oxygens (including phenoxy) is 1. The lowest BCUT2D eigenvalue weighted by Crippen LogP contribution is -2.07. The molecule has 0 atom stereocenters. The van der Waals surface area contributed by atoms with Crippen LogP contribution in [0, 0.1) is 0 Å². The Labute approximate surface area is 144 Å². The summed E-state index contributed by atoms with van der Waals surface area (Å²) in [5, 5.41) is 11.2. The van der Waals surface area contributed by atoms with Gasteiger partial charge in [-0.1, -0.05) is 55.1 Å². The molecule has 23 heavy (non-hydrogen) atoms. The van der Waals surface area contributed by atoms with E-state index in [9.17, 15) is 4.79 Å². The highest BCUT2D eigenvalue weighted by Gasteiger charge is 2.06. The zero-order valence-corrected chi connectivity index (χ0v) is 14.7. The smallest absolute Gasteiger partial charge is 0.250 e. The van der Waals surface area contributed by atoms with Gasteiger partial charge in [0.15, 0.2) is 4.34 Å². The van der Waals surface area contributed by atoms with Gasteiger partial charge in [0.25, 0.3) is 0 Å². The van der Waals surface area contributed by atoms with Gasteiger partial charge in [0.05, 0.1) is 6.61 Å². The topological polar surface area (TPSA) is 64.1 Å². The van der Waals surface area contributed by atoms with Crippen molar-refractivity contribution < 1.29 is 9.53 Å². The van der Waals surface area contributed by atoms with Crippen molar-refractivity contribution in [1.82, 2.24) is 10.2 Å². The van der Waals surface area contributed by atoms with Crippen molar-refractivity contribution in [2.45, 2.75) is 24.6 Å². The molecular weight excluding hydrogens is 330 g/mol. The molecule has 0 bridgehead atoms. The summed E-state index contributed by atoms with van der Waals surface area (Å²) in [6, 6.07) is 7.63. The Hall–Kier alpha value is -1.86. The molecule has 0 saturated carbocycles. The minimum absolute atomic E-state index is 0.237. The molecule has 0 radical (unpaired) electrons. The molecule has 1 N–H and O–H groups in total. The van der Waals surface area contributed by atoms with Gasteiger partial charge < -0.3 is 4.74 Å². The molecule has 0 unspecified atom stereocenters. The van der Waals surface area contributed by atoms with Gasteiger partial charge in [-0.25, -0.2) is 0 Å². The summed E-state index contributed by atoms with van der Waals surface area (Å²) >= 11 is 2.97. The SMILES string of the molecule is CCCOc1ccccc1/C=C/C(=O)Nc1nnc(SCC)s1. The van der Waals surface area contributed by atoms with E-state index < -0.39 is 0 Å². The van der Waals surface area contributed by atoms with E-state index in [4.69, 9.17) is 4.74 Å². The van der Waals surface area contributed by atoms with Crippen molar-refractivity contribution in [3.63, 3.8) is 0 Å². The highest BCUT2D eigenvalue weighted by molar-refractivity contribution is 8.01. The van der Waals surface area contributed by atoms with Crippen LogP contribution in [0.25, 0.3) is 6.08 Å². The van der Waals surface area contributed by atoms with Crippen molar-refractivity contribution in [3.8, 4) is 5.75 Å². The lowest BCUT2D eigenvalue weighted by Gasteiger charge is -2.07. The van der Waals surface area contributed by atoms with E-state index in [0.717, 1.165) is 27.8 Å². The molecule has 7 heteroatoms. The minimum Gasteiger partial charge on any atom is -0.493 e. The summed E-state index contributed by atoms with van der Waals surface area (Å²) in [6.45, 7) is 4.75. The van der Waals surface area contributed by atoms with Gasteiger partial charge in [-0.15, -0.1) is 10.2 Å². The first-order chi connectivity index (χ1) is 11.2. The van der Waals surface area contributed by atoms with Gasteiger partial charge in [-0.05, 0) is 24.3 Å². The van der Waals surface area contributed by atoms with Gasteiger partial charge in [-0.2, -0.15) is 0 Å². The first-order valence-corrected chi connectivity index (χ1v) is 9.20. The molecule has 0 aliphatic rings. The maximum atomic E-state index is 12.0. The normalized spacial score (nSPS) is 10.9. The molecule has 0 fully saturated rings. The zero-order valence-electron chi connectivity index (χ0n) is 13.1. The number of anilines is 1. The summed E-state index contributed by atoms with van der Waals surface area (Å²) in [4.78, 5) is 12.0. The third kappa shape index (κ3) is 5.69. The van der Waals surface area contributed by atoms with E-state index >= 15 is 0 Å². The summed E-state index contributed by atoms with van der Waals surface area (Å²) in [6.07, 6.45) is 4.15. The third-order valence-electron chi connectivity index (χ3n) is 2.70. The van der Waals surface area contributed by atoms with Gasteiger partial charge in [0.1, 0.15) is 5.75 Å². The van der Waals surface area contributed by atoms with Crippen molar-refractivity contribution in [3.05, 3.63) is 35.9 Å². The Morgan fingerprint density at radius 3 is 2.96 bits per heavy atom. The van der Waals surface area contributed by atoms with Gasteiger partial charge >= 0.3 is 0 Å². The first kappa shape index (κ1) is 17.5. The summed E-state index contributed by atoms with van der Waals surface area (Å²) in [7, 11) is 0. The Kier molecular flexibility index (Phi) is 7.09. The minimum atomic E-state index is -0.237. The number of hydrogen-bond acceptors (Lipinski definition) is 6. The van der Waals surface area contributed by atoms with Crippen LogP contribution in [-0.2, 0) is 4.79 Å². The average Bonchev–Trinajstić information content (AvgIpc) is 2.99. The highest BCUT2D eigenvalue weighted by Crippen LogP contribution is 2.25.